The van der Waals surface area contributed by atoms with Crippen LogP contribution in [-0.4, -0.2) is 66.6 Å². The molecule has 2 fully saturated rings. The average molecular weight is 293 g/mol. The van der Waals surface area contributed by atoms with Crippen LogP contribution in [0, 0.1) is 11.8 Å². The Balaban J connectivity index is 1.71. The van der Waals surface area contributed by atoms with E-state index in [4.69, 9.17) is 0 Å². The van der Waals surface area contributed by atoms with Gasteiger partial charge in [-0.25, -0.2) is 0 Å². The van der Waals surface area contributed by atoms with Crippen molar-refractivity contribution in [1.82, 2.24) is 14.7 Å². The molecule has 2 aliphatic heterocycles. The van der Waals surface area contributed by atoms with Gasteiger partial charge in [-0.1, -0.05) is 20.4 Å². The standard InChI is InChI=1S/C18H35N3/c1-15(2)18-6-8-19(9-7-18)14-17(5)21-12-10-20(11-13-21)16(3)4/h15-16,18H,5-14H2,1-4H3. The zero-order valence-electron chi connectivity index (χ0n) is 14.6. The minimum Gasteiger partial charge on any atom is -0.372 e. The topological polar surface area (TPSA) is 9.72 Å². The van der Waals surface area contributed by atoms with E-state index in [-0.39, 0.29) is 0 Å². The van der Waals surface area contributed by atoms with E-state index in [2.05, 4.69) is 49.0 Å². The van der Waals surface area contributed by atoms with Crippen LogP contribution in [0.4, 0.5) is 0 Å². The van der Waals surface area contributed by atoms with Crippen LogP contribution in [0.3, 0.4) is 0 Å². The van der Waals surface area contributed by atoms with E-state index in [0.29, 0.717) is 6.04 Å². The van der Waals surface area contributed by atoms with Crippen molar-refractivity contribution in [3.05, 3.63) is 12.3 Å². The Kier molecular flexibility index (Phi) is 6.12. The SMILES string of the molecule is C=C(CN1CCC(C(C)C)CC1)N1CCN(C(C)C)CC1. The van der Waals surface area contributed by atoms with Gasteiger partial charge in [0.15, 0.2) is 0 Å². The number of piperidine rings is 1. The minimum absolute atomic E-state index is 0.676. The van der Waals surface area contributed by atoms with E-state index >= 15 is 0 Å². The van der Waals surface area contributed by atoms with Gasteiger partial charge in [0.1, 0.15) is 0 Å². The van der Waals surface area contributed by atoms with E-state index in [1.54, 1.807) is 0 Å². The molecule has 0 aromatic carbocycles. The van der Waals surface area contributed by atoms with Gasteiger partial charge in [-0.2, -0.15) is 0 Å². The summed E-state index contributed by atoms with van der Waals surface area (Å²) >= 11 is 0. The van der Waals surface area contributed by atoms with Gasteiger partial charge in [-0.05, 0) is 51.6 Å². The first kappa shape index (κ1) is 16.8. The smallest absolute Gasteiger partial charge is 0.0377 e. The summed E-state index contributed by atoms with van der Waals surface area (Å²) in [5, 5.41) is 0. The molecular weight excluding hydrogens is 258 g/mol. The summed E-state index contributed by atoms with van der Waals surface area (Å²) in [6, 6.07) is 0.676. The van der Waals surface area contributed by atoms with Crippen molar-refractivity contribution in [3.63, 3.8) is 0 Å². The van der Waals surface area contributed by atoms with Gasteiger partial charge in [-0.15, -0.1) is 0 Å². The largest absolute Gasteiger partial charge is 0.372 e. The zero-order chi connectivity index (χ0) is 15.4. The Morgan fingerprint density at radius 3 is 2.00 bits per heavy atom. The lowest BCUT2D eigenvalue weighted by molar-refractivity contribution is 0.114. The Bertz CT molecular complexity index is 321. The summed E-state index contributed by atoms with van der Waals surface area (Å²) in [4.78, 5) is 7.68. The molecule has 2 aliphatic rings. The minimum atomic E-state index is 0.676. The molecule has 3 nitrogen and oxygen atoms in total. The molecule has 0 aliphatic carbocycles. The first-order valence-corrected chi connectivity index (χ1v) is 8.86. The lowest BCUT2D eigenvalue weighted by Crippen LogP contribution is -2.49. The molecule has 3 heteroatoms. The third kappa shape index (κ3) is 4.72. The van der Waals surface area contributed by atoms with E-state index in [0.717, 1.165) is 31.5 Å². The van der Waals surface area contributed by atoms with Crippen molar-refractivity contribution >= 4 is 0 Å². The molecule has 0 N–H and O–H groups in total. The van der Waals surface area contributed by atoms with Crippen LogP contribution >= 0.6 is 0 Å². The summed E-state index contributed by atoms with van der Waals surface area (Å²) in [6.07, 6.45) is 2.73. The van der Waals surface area contributed by atoms with Gasteiger partial charge in [0.25, 0.3) is 0 Å². The monoisotopic (exact) mass is 293 g/mol. The van der Waals surface area contributed by atoms with Crippen molar-refractivity contribution in [2.24, 2.45) is 11.8 Å². The molecule has 0 saturated carbocycles. The highest BCUT2D eigenvalue weighted by Crippen LogP contribution is 2.25. The van der Waals surface area contributed by atoms with Crippen LogP contribution in [0.15, 0.2) is 12.3 Å². The van der Waals surface area contributed by atoms with E-state index in [9.17, 15) is 0 Å². The van der Waals surface area contributed by atoms with Crippen LogP contribution in [0.25, 0.3) is 0 Å². The number of piperazine rings is 1. The Morgan fingerprint density at radius 1 is 0.952 bits per heavy atom. The van der Waals surface area contributed by atoms with Gasteiger partial charge in [0, 0.05) is 44.5 Å². The molecule has 0 radical (unpaired) electrons. The molecule has 21 heavy (non-hydrogen) atoms. The Morgan fingerprint density at radius 2 is 1.52 bits per heavy atom. The van der Waals surface area contributed by atoms with Crippen molar-refractivity contribution in [2.75, 3.05) is 45.8 Å². The molecule has 0 bridgehead atoms. The summed E-state index contributed by atoms with van der Waals surface area (Å²) in [5.41, 5.74) is 1.33. The third-order valence-corrected chi connectivity index (χ3v) is 5.47. The fourth-order valence-electron chi connectivity index (χ4n) is 3.69. The highest BCUT2D eigenvalue weighted by molar-refractivity contribution is 5.00. The van der Waals surface area contributed by atoms with E-state index in [1.165, 1.54) is 44.7 Å². The zero-order valence-corrected chi connectivity index (χ0v) is 14.6. The van der Waals surface area contributed by atoms with Gasteiger partial charge >= 0.3 is 0 Å². The van der Waals surface area contributed by atoms with Crippen molar-refractivity contribution in [3.8, 4) is 0 Å². The normalized spacial score (nSPS) is 23.2. The predicted octanol–water partition coefficient (Wildman–Crippen LogP) is 2.89. The molecule has 0 atom stereocenters. The fraction of sp³-hybridized carbons (Fsp3) is 0.889. The second-order valence-electron chi connectivity index (χ2n) is 7.54. The molecule has 0 amide bonds. The van der Waals surface area contributed by atoms with Gasteiger partial charge in [0.05, 0.1) is 0 Å². The van der Waals surface area contributed by atoms with Gasteiger partial charge in [0.2, 0.25) is 0 Å². The quantitative estimate of drug-likeness (QED) is 0.772. The number of hydrogen-bond acceptors (Lipinski definition) is 3. The predicted molar refractivity (Wildman–Crippen MR) is 91.4 cm³/mol. The van der Waals surface area contributed by atoms with Crippen molar-refractivity contribution < 1.29 is 0 Å². The van der Waals surface area contributed by atoms with Crippen molar-refractivity contribution in [2.45, 2.75) is 46.6 Å². The Hall–Kier alpha value is -0.540. The molecule has 0 aromatic heterocycles. The number of rotatable bonds is 5. The van der Waals surface area contributed by atoms with Crippen LogP contribution in [0.2, 0.25) is 0 Å². The van der Waals surface area contributed by atoms with Crippen LogP contribution < -0.4 is 0 Å². The van der Waals surface area contributed by atoms with E-state index in [1.807, 2.05) is 0 Å². The summed E-state index contributed by atoms with van der Waals surface area (Å²) < 4.78 is 0. The maximum atomic E-state index is 4.36. The maximum absolute atomic E-state index is 4.36. The van der Waals surface area contributed by atoms with Crippen LogP contribution in [-0.2, 0) is 0 Å². The lowest BCUT2D eigenvalue weighted by Gasteiger charge is -2.41. The first-order valence-electron chi connectivity index (χ1n) is 8.86. The number of nitrogens with zero attached hydrogens (tertiary/aromatic N) is 3. The van der Waals surface area contributed by atoms with Crippen molar-refractivity contribution in [1.29, 1.82) is 0 Å². The lowest BCUT2D eigenvalue weighted by atomic mass is 9.87. The summed E-state index contributed by atoms with van der Waals surface area (Å²) in [6.45, 7) is 22.0. The fourth-order valence-corrected chi connectivity index (χ4v) is 3.69. The highest BCUT2D eigenvalue weighted by atomic mass is 15.3. The first-order chi connectivity index (χ1) is 9.97. The van der Waals surface area contributed by atoms with Crippen LogP contribution in [0.1, 0.15) is 40.5 Å². The summed E-state index contributed by atoms with van der Waals surface area (Å²) in [5.74, 6) is 1.78. The summed E-state index contributed by atoms with van der Waals surface area (Å²) in [7, 11) is 0. The van der Waals surface area contributed by atoms with E-state index < -0.39 is 0 Å². The molecular formula is C18H35N3. The molecule has 2 heterocycles. The number of likely N-dealkylation sites (tertiary alicyclic amines) is 1. The molecule has 0 spiro atoms. The van der Waals surface area contributed by atoms with Crippen LogP contribution in [0.5, 0.6) is 0 Å². The molecule has 2 rings (SSSR count). The van der Waals surface area contributed by atoms with Gasteiger partial charge in [-0.3, -0.25) is 9.80 Å². The molecule has 0 unspecified atom stereocenters. The second-order valence-corrected chi connectivity index (χ2v) is 7.54. The maximum Gasteiger partial charge on any atom is 0.0377 e. The number of hydrogen-bond donors (Lipinski definition) is 0. The third-order valence-electron chi connectivity index (χ3n) is 5.47. The van der Waals surface area contributed by atoms with Gasteiger partial charge < -0.3 is 4.90 Å². The highest BCUT2D eigenvalue weighted by Gasteiger charge is 2.24. The second kappa shape index (κ2) is 7.64. The molecule has 2 saturated heterocycles. The molecule has 0 aromatic rings. The average Bonchev–Trinajstić information content (AvgIpc) is 2.47. The Labute approximate surface area is 132 Å². The molecule has 122 valence electrons.